The number of nitrogens with zero attached hydrogens (tertiary/aromatic N) is 2. The number of amides is 1. The van der Waals surface area contributed by atoms with Crippen molar-refractivity contribution in [3.05, 3.63) is 47.8 Å². The van der Waals surface area contributed by atoms with Crippen molar-refractivity contribution < 1.29 is 4.79 Å². The molecule has 0 aliphatic heterocycles. The maximum absolute atomic E-state index is 11.8. The molecule has 1 amide bonds. The molecular weight excluding hydrogens is 216 g/mol. The lowest BCUT2D eigenvalue weighted by atomic mass is 10.1. The van der Waals surface area contributed by atoms with Gasteiger partial charge in [-0.1, -0.05) is 0 Å². The van der Waals surface area contributed by atoms with E-state index in [1.54, 1.807) is 24.3 Å². The normalized spacial score (nSPS) is 9.94. The maximum Gasteiger partial charge on any atom is 0.257 e. The Bertz CT molecular complexity index is 539. The van der Waals surface area contributed by atoms with Gasteiger partial charge in [0.2, 0.25) is 0 Å². The van der Waals surface area contributed by atoms with Crippen LogP contribution in [-0.4, -0.2) is 16.1 Å². The summed E-state index contributed by atoms with van der Waals surface area (Å²) in [5.41, 5.74) is 8.43. The first-order valence-corrected chi connectivity index (χ1v) is 5.11. The Morgan fingerprint density at radius 2 is 2.12 bits per heavy atom. The van der Waals surface area contributed by atoms with E-state index in [9.17, 15) is 4.79 Å². The van der Waals surface area contributed by atoms with Crippen LogP contribution in [0.2, 0.25) is 0 Å². The summed E-state index contributed by atoms with van der Waals surface area (Å²) in [7, 11) is 0. The van der Waals surface area contributed by atoms with Gasteiger partial charge in [-0.05, 0) is 36.8 Å². The van der Waals surface area contributed by atoms with E-state index in [0.717, 1.165) is 11.3 Å². The van der Waals surface area contributed by atoms with Crippen molar-refractivity contribution in [2.24, 2.45) is 0 Å². The number of nitrogens with one attached hydrogen (secondary N) is 1. The molecule has 2 rings (SSSR count). The van der Waals surface area contributed by atoms with Gasteiger partial charge < -0.3 is 11.1 Å². The van der Waals surface area contributed by atoms with Crippen molar-refractivity contribution in [2.45, 2.75) is 6.92 Å². The van der Waals surface area contributed by atoms with Crippen LogP contribution in [0.4, 0.5) is 11.4 Å². The Balaban J connectivity index is 2.19. The average molecular weight is 228 g/mol. The summed E-state index contributed by atoms with van der Waals surface area (Å²) >= 11 is 0. The van der Waals surface area contributed by atoms with E-state index < -0.39 is 0 Å². The molecule has 0 saturated carbocycles. The first-order chi connectivity index (χ1) is 8.16. The van der Waals surface area contributed by atoms with Gasteiger partial charge in [0.1, 0.15) is 0 Å². The van der Waals surface area contributed by atoms with Gasteiger partial charge in [-0.25, -0.2) is 0 Å². The number of aromatic nitrogens is 2. The number of anilines is 2. The SMILES string of the molecule is Cc1cc(N)ccc1NC(=O)c1ccnnc1. The summed E-state index contributed by atoms with van der Waals surface area (Å²) in [6, 6.07) is 6.93. The fourth-order valence-electron chi connectivity index (χ4n) is 1.45. The lowest BCUT2D eigenvalue weighted by molar-refractivity contribution is 0.102. The fraction of sp³-hybridized carbons (Fsp3) is 0.0833. The lowest BCUT2D eigenvalue weighted by Crippen LogP contribution is -2.13. The summed E-state index contributed by atoms with van der Waals surface area (Å²) in [4.78, 5) is 11.8. The van der Waals surface area contributed by atoms with Gasteiger partial charge >= 0.3 is 0 Å². The topological polar surface area (TPSA) is 80.9 Å². The van der Waals surface area contributed by atoms with Gasteiger partial charge in [0.15, 0.2) is 0 Å². The molecule has 0 fully saturated rings. The average Bonchev–Trinajstić information content (AvgIpc) is 2.34. The Hall–Kier alpha value is -2.43. The molecule has 0 saturated heterocycles. The molecule has 1 aromatic heterocycles. The molecule has 2 aromatic rings. The summed E-state index contributed by atoms with van der Waals surface area (Å²) in [6.45, 7) is 1.89. The number of carbonyl (C=O) groups is 1. The van der Waals surface area contributed by atoms with E-state index in [0.29, 0.717) is 11.3 Å². The third kappa shape index (κ3) is 2.57. The molecule has 0 aliphatic rings. The van der Waals surface area contributed by atoms with E-state index in [1.807, 2.05) is 6.92 Å². The minimum absolute atomic E-state index is 0.215. The van der Waals surface area contributed by atoms with Crippen molar-refractivity contribution in [2.75, 3.05) is 11.1 Å². The van der Waals surface area contributed by atoms with Gasteiger partial charge in [-0.3, -0.25) is 4.79 Å². The number of benzene rings is 1. The zero-order chi connectivity index (χ0) is 12.3. The summed E-state index contributed by atoms with van der Waals surface area (Å²) in [5, 5.41) is 10.1. The number of carbonyl (C=O) groups excluding carboxylic acids is 1. The van der Waals surface area contributed by atoms with Crippen LogP contribution in [0.1, 0.15) is 15.9 Å². The molecule has 0 bridgehead atoms. The van der Waals surface area contributed by atoms with Gasteiger partial charge in [0, 0.05) is 11.4 Å². The highest BCUT2D eigenvalue weighted by atomic mass is 16.1. The van der Waals surface area contributed by atoms with Crippen LogP contribution in [-0.2, 0) is 0 Å². The lowest BCUT2D eigenvalue weighted by Gasteiger charge is -2.08. The summed E-state index contributed by atoms with van der Waals surface area (Å²) < 4.78 is 0. The van der Waals surface area contributed by atoms with E-state index >= 15 is 0 Å². The van der Waals surface area contributed by atoms with Crippen LogP contribution in [0.5, 0.6) is 0 Å². The van der Waals surface area contributed by atoms with Crippen molar-refractivity contribution in [3.63, 3.8) is 0 Å². The van der Waals surface area contributed by atoms with E-state index in [2.05, 4.69) is 15.5 Å². The Labute approximate surface area is 98.7 Å². The molecule has 0 aliphatic carbocycles. The van der Waals surface area contributed by atoms with Gasteiger partial charge in [-0.2, -0.15) is 10.2 Å². The monoisotopic (exact) mass is 228 g/mol. The molecule has 1 aromatic carbocycles. The number of hydrogen-bond donors (Lipinski definition) is 2. The first-order valence-electron chi connectivity index (χ1n) is 5.11. The predicted octanol–water partition coefficient (Wildman–Crippen LogP) is 1.62. The number of aryl methyl sites for hydroxylation is 1. The first kappa shape index (κ1) is 11.1. The number of hydrogen-bond acceptors (Lipinski definition) is 4. The van der Waals surface area contributed by atoms with Crippen LogP contribution in [0.25, 0.3) is 0 Å². The highest BCUT2D eigenvalue weighted by Crippen LogP contribution is 2.18. The molecule has 86 valence electrons. The van der Waals surface area contributed by atoms with E-state index in [4.69, 9.17) is 5.73 Å². The van der Waals surface area contributed by atoms with Crippen molar-refractivity contribution in [1.82, 2.24) is 10.2 Å². The van der Waals surface area contributed by atoms with Gasteiger partial charge in [0.25, 0.3) is 5.91 Å². The third-order valence-electron chi connectivity index (χ3n) is 2.35. The van der Waals surface area contributed by atoms with Gasteiger partial charge in [-0.15, -0.1) is 0 Å². The molecule has 17 heavy (non-hydrogen) atoms. The molecule has 0 radical (unpaired) electrons. The van der Waals surface area contributed by atoms with Crippen molar-refractivity contribution >= 4 is 17.3 Å². The van der Waals surface area contributed by atoms with Crippen molar-refractivity contribution in [3.8, 4) is 0 Å². The minimum Gasteiger partial charge on any atom is -0.399 e. The Morgan fingerprint density at radius 1 is 1.29 bits per heavy atom. The van der Waals surface area contributed by atoms with Crippen LogP contribution in [0.15, 0.2) is 36.7 Å². The summed E-state index contributed by atoms with van der Waals surface area (Å²) in [6.07, 6.45) is 2.90. The molecule has 0 unspecified atom stereocenters. The number of rotatable bonds is 2. The zero-order valence-electron chi connectivity index (χ0n) is 9.34. The predicted molar refractivity (Wildman–Crippen MR) is 65.6 cm³/mol. The van der Waals surface area contributed by atoms with E-state index in [1.165, 1.54) is 12.4 Å². The smallest absolute Gasteiger partial charge is 0.257 e. The maximum atomic E-state index is 11.8. The number of nitrogens with two attached hydrogens (primary N) is 1. The van der Waals surface area contributed by atoms with Crippen LogP contribution in [0, 0.1) is 6.92 Å². The number of nitrogen functional groups attached to an aromatic ring is 1. The molecule has 1 heterocycles. The van der Waals surface area contributed by atoms with Crippen LogP contribution in [0.3, 0.4) is 0 Å². The molecular formula is C12H12N4O. The second-order valence-corrected chi connectivity index (χ2v) is 3.66. The molecule has 5 heteroatoms. The third-order valence-corrected chi connectivity index (χ3v) is 2.35. The highest BCUT2D eigenvalue weighted by Gasteiger charge is 2.07. The standard InChI is InChI=1S/C12H12N4O/c1-8-6-10(13)2-3-11(8)16-12(17)9-4-5-14-15-7-9/h2-7H,13H2,1H3,(H,16,17). The minimum atomic E-state index is -0.215. The van der Waals surface area contributed by atoms with Crippen LogP contribution < -0.4 is 11.1 Å². The van der Waals surface area contributed by atoms with E-state index in [-0.39, 0.29) is 5.91 Å². The second kappa shape index (κ2) is 4.61. The van der Waals surface area contributed by atoms with Crippen LogP contribution >= 0.6 is 0 Å². The molecule has 3 N–H and O–H groups in total. The Kier molecular flexibility index (Phi) is 3.00. The fourth-order valence-corrected chi connectivity index (χ4v) is 1.45. The summed E-state index contributed by atoms with van der Waals surface area (Å²) in [5.74, 6) is -0.215. The Morgan fingerprint density at radius 3 is 2.76 bits per heavy atom. The quantitative estimate of drug-likeness (QED) is 0.765. The molecule has 0 spiro atoms. The van der Waals surface area contributed by atoms with Gasteiger partial charge in [0.05, 0.1) is 18.0 Å². The second-order valence-electron chi connectivity index (χ2n) is 3.66. The van der Waals surface area contributed by atoms with Crippen molar-refractivity contribution in [1.29, 1.82) is 0 Å². The zero-order valence-corrected chi connectivity index (χ0v) is 9.34. The molecule has 0 atom stereocenters. The molecule has 5 nitrogen and oxygen atoms in total. The highest BCUT2D eigenvalue weighted by molar-refractivity contribution is 6.04. The largest absolute Gasteiger partial charge is 0.399 e.